The summed E-state index contributed by atoms with van der Waals surface area (Å²) in [6.45, 7) is 5.36. The molecular weight excluding hydrogens is 354 g/mol. The standard InChI is InChI=1S/C17H19N5OS2/c1-10-14(25-11(2)21-10)8-18-16(23)13-4-3-6-22(13)15-12-5-7-24-17(12)20-9-19-15/h5,7,9,13H,3-4,6,8H2,1-2H3,(H,18,23). The third kappa shape index (κ3) is 3.11. The average Bonchev–Trinajstić information content (AvgIpc) is 3.31. The number of amides is 1. The van der Waals surface area contributed by atoms with E-state index in [0.717, 1.165) is 51.0 Å². The van der Waals surface area contributed by atoms with Crippen LogP contribution in [-0.4, -0.2) is 33.4 Å². The van der Waals surface area contributed by atoms with Gasteiger partial charge in [0.2, 0.25) is 5.91 Å². The highest BCUT2D eigenvalue weighted by atomic mass is 32.1. The van der Waals surface area contributed by atoms with Gasteiger partial charge in [-0.2, -0.15) is 0 Å². The van der Waals surface area contributed by atoms with Crippen LogP contribution in [0.1, 0.15) is 28.4 Å². The van der Waals surface area contributed by atoms with Crippen molar-refractivity contribution < 1.29 is 4.79 Å². The van der Waals surface area contributed by atoms with E-state index in [2.05, 4.69) is 25.2 Å². The van der Waals surface area contributed by atoms with E-state index in [9.17, 15) is 4.79 Å². The number of rotatable bonds is 4. The number of thiazole rings is 1. The van der Waals surface area contributed by atoms with Crippen LogP contribution in [0.4, 0.5) is 5.82 Å². The van der Waals surface area contributed by atoms with E-state index in [1.165, 1.54) is 0 Å². The molecule has 3 aromatic heterocycles. The molecule has 1 aliphatic heterocycles. The van der Waals surface area contributed by atoms with E-state index in [4.69, 9.17) is 0 Å². The lowest BCUT2D eigenvalue weighted by Gasteiger charge is -2.25. The summed E-state index contributed by atoms with van der Waals surface area (Å²) in [7, 11) is 0. The molecule has 0 saturated carbocycles. The lowest BCUT2D eigenvalue weighted by atomic mass is 10.2. The molecule has 1 fully saturated rings. The maximum Gasteiger partial charge on any atom is 0.243 e. The fourth-order valence-corrected chi connectivity index (χ4v) is 4.93. The normalized spacial score (nSPS) is 17.4. The van der Waals surface area contributed by atoms with Gasteiger partial charge in [0.15, 0.2) is 0 Å². The Labute approximate surface area is 153 Å². The fraction of sp³-hybridized carbons (Fsp3) is 0.412. The van der Waals surface area contributed by atoms with Crippen molar-refractivity contribution in [2.75, 3.05) is 11.4 Å². The predicted molar refractivity (Wildman–Crippen MR) is 101 cm³/mol. The van der Waals surface area contributed by atoms with Crippen molar-refractivity contribution in [3.63, 3.8) is 0 Å². The van der Waals surface area contributed by atoms with Gasteiger partial charge in [-0.05, 0) is 38.1 Å². The largest absolute Gasteiger partial charge is 0.349 e. The molecule has 1 amide bonds. The summed E-state index contributed by atoms with van der Waals surface area (Å²) in [5, 5.41) is 7.16. The van der Waals surface area contributed by atoms with Crippen LogP contribution in [0.3, 0.4) is 0 Å². The van der Waals surface area contributed by atoms with Crippen molar-refractivity contribution in [3.8, 4) is 0 Å². The molecule has 4 heterocycles. The summed E-state index contributed by atoms with van der Waals surface area (Å²) in [5.74, 6) is 0.929. The van der Waals surface area contributed by atoms with Crippen molar-refractivity contribution in [2.24, 2.45) is 0 Å². The van der Waals surface area contributed by atoms with E-state index >= 15 is 0 Å². The Hall–Kier alpha value is -2.06. The van der Waals surface area contributed by atoms with E-state index in [0.29, 0.717) is 6.54 Å². The van der Waals surface area contributed by atoms with Gasteiger partial charge >= 0.3 is 0 Å². The minimum Gasteiger partial charge on any atom is -0.349 e. The first-order valence-corrected chi connectivity index (χ1v) is 9.98. The predicted octanol–water partition coefficient (Wildman–Crippen LogP) is 3.05. The number of carbonyl (C=O) groups excluding carboxylic acids is 1. The number of aryl methyl sites for hydroxylation is 2. The van der Waals surface area contributed by atoms with Crippen LogP contribution in [0.25, 0.3) is 10.2 Å². The van der Waals surface area contributed by atoms with E-state index in [1.807, 2.05) is 25.3 Å². The van der Waals surface area contributed by atoms with Crippen LogP contribution < -0.4 is 10.2 Å². The van der Waals surface area contributed by atoms with Gasteiger partial charge in [0.05, 0.1) is 22.6 Å². The number of anilines is 1. The van der Waals surface area contributed by atoms with Gasteiger partial charge in [-0.1, -0.05) is 0 Å². The van der Waals surface area contributed by atoms with Gasteiger partial charge in [-0.15, -0.1) is 22.7 Å². The van der Waals surface area contributed by atoms with Crippen LogP contribution in [0.2, 0.25) is 0 Å². The summed E-state index contributed by atoms with van der Waals surface area (Å²) in [6, 6.07) is 1.86. The Bertz CT molecular complexity index is 919. The highest BCUT2D eigenvalue weighted by molar-refractivity contribution is 7.16. The zero-order chi connectivity index (χ0) is 17.4. The molecule has 0 bridgehead atoms. The zero-order valence-electron chi connectivity index (χ0n) is 14.2. The van der Waals surface area contributed by atoms with Gasteiger partial charge in [0, 0.05) is 11.4 Å². The van der Waals surface area contributed by atoms with Gasteiger partial charge in [-0.3, -0.25) is 4.79 Å². The Kier molecular flexibility index (Phi) is 4.39. The van der Waals surface area contributed by atoms with Gasteiger partial charge in [0.1, 0.15) is 23.0 Å². The van der Waals surface area contributed by atoms with Crippen molar-refractivity contribution in [3.05, 3.63) is 33.4 Å². The molecule has 0 aromatic carbocycles. The second kappa shape index (κ2) is 6.68. The zero-order valence-corrected chi connectivity index (χ0v) is 15.8. The maximum absolute atomic E-state index is 12.8. The minimum atomic E-state index is -0.174. The number of aromatic nitrogens is 3. The number of fused-ring (bicyclic) bond motifs is 1. The molecule has 1 saturated heterocycles. The third-order valence-corrected chi connectivity index (χ3v) is 6.38. The molecule has 1 N–H and O–H groups in total. The number of thiophene rings is 1. The van der Waals surface area contributed by atoms with Crippen LogP contribution in [-0.2, 0) is 11.3 Å². The summed E-state index contributed by atoms with van der Waals surface area (Å²) in [4.78, 5) is 30.2. The van der Waals surface area contributed by atoms with E-state index in [1.54, 1.807) is 29.0 Å². The summed E-state index contributed by atoms with van der Waals surface area (Å²) in [5.41, 5.74) is 1.00. The molecule has 4 rings (SSSR count). The quantitative estimate of drug-likeness (QED) is 0.761. The van der Waals surface area contributed by atoms with Crippen molar-refractivity contribution >= 4 is 44.6 Å². The summed E-state index contributed by atoms with van der Waals surface area (Å²) in [6.07, 6.45) is 3.43. The maximum atomic E-state index is 12.8. The summed E-state index contributed by atoms with van der Waals surface area (Å²) < 4.78 is 0. The molecule has 1 unspecified atom stereocenters. The minimum absolute atomic E-state index is 0.0601. The third-order valence-electron chi connectivity index (χ3n) is 4.49. The first-order valence-electron chi connectivity index (χ1n) is 8.29. The molecule has 0 spiro atoms. The molecule has 130 valence electrons. The van der Waals surface area contributed by atoms with Crippen LogP contribution >= 0.6 is 22.7 Å². The Morgan fingerprint density at radius 2 is 2.28 bits per heavy atom. The van der Waals surface area contributed by atoms with E-state index < -0.39 is 0 Å². The highest BCUT2D eigenvalue weighted by Crippen LogP contribution is 2.31. The van der Waals surface area contributed by atoms with Crippen LogP contribution in [0.15, 0.2) is 17.8 Å². The number of hydrogen-bond acceptors (Lipinski definition) is 7. The van der Waals surface area contributed by atoms with Crippen LogP contribution in [0.5, 0.6) is 0 Å². The van der Waals surface area contributed by atoms with Crippen molar-refractivity contribution in [2.45, 2.75) is 39.3 Å². The summed E-state index contributed by atoms with van der Waals surface area (Å²) >= 11 is 3.24. The molecule has 8 heteroatoms. The first kappa shape index (κ1) is 16.4. The number of hydrogen-bond donors (Lipinski definition) is 1. The van der Waals surface area contributed by atoms with Crippen LogP contribution in [0, 0.1) is 13.8 Å². The highest BCUT2D eigenvalue weighted by Gasteiger charge is 2.32. The Morgan fingerprint density at radius 3 is 3.08 bits per heavy atom. The smallest absolute Gasteiger partial charge is 0.243 e. The molecule has 1 aliphatic rings. The monoisotopic (exact) mass is 373 g/mol. The lowest BCUT2D eigenvalue weighted by molar-refractivity contribution is -0.122. The van der Waals surface area contributed by atoms with Gasteiger partial charge in [-0.25, -0.2) is 15.0 Å². The number of nitrogens with zero attached hydrogens (tertiary/aromatic N) is 4. The molecule has 1 atom stereocenters. The fourth-order valence-electron chi connectivity index (χ4n) is 3.32. The molecular formula is C17H19N5OS2. The second-order valence-electron chi connectivity index (χ2n) is 6.15. The van der Waals surface area contributed by atoms with Gasteiger partial charge in [0.25, 0.3) is 0 Å². The van der Waals surface area contributed by atoms with Crippen molar-refractivity contribution in [1.82, 2.24) is 20.3 Å². The van der Waals surface area contributed by atoms with E-state index in [-0.39, 0.29) is 11.9 Å². The van der Waals surface area contributed by atoms with Crippen molar-refractivity contribution in [1.29, 1.82) is 0 Å². The first-order chi connectivity index (χ1) is 12.1. The number of nitrogens with one attached hydrogen (secondary N) is 1. The molecule has 3 aromatic rings. The Morgan fingerprint density at radius 1 is 1.40 bits per heavy atom. The van der Waals surface area contributed by atoms with Gasteiger partial charge < -0.3 is 10.2 Å². The molecule has 0 aliphatic carbocycles. The molecule has 0 radical (unpaired) electrons. The lowest BCUT2D eigenvalue weighted by Crippen LogP contribution is -2.43. The Balaban J connectivity index is 1.52. The molecule has 6 nitrogen and oxygen atoms in total. The molecule has 25 heavy (non-hydrogen) atoms. The second-order valence-corrected chi connectivity index (χ2v) is 8.33. The number of carbonyl (C=O) groups is 1. The average molecular weight is 374 g/mol. The topological polar surface area (TPSA) is 71.0 Å². The SMILES string of the molecule is Cc1nc(C)c(CNC(=O)C2CCCN2c2ncnc3sccc23)s1.